The minimum absolute atomic E-state index is 0.0684. The monoisotopic (exact) mass is 393 g/mol. The molecule has 27 heavy (non-hydrogen) atoms. The molecule has 1 N–H and O–H groups in total. The van der Waals surface area contributed by atoms with Crippen molar-refractivity contribution in [3.8, 4) is 5.75 Å². The Morgan fingerprint density at radius 3 is 2.78 bits per heavy atom. The molecule has 1 unspecified atom stereocenters. The molecule has 3 aliphatic rings. The minimum Gasteiger partial charge on any atom is -0.405 e. The number of Topliss-reactive ketones (excluding diaryl/α,β-unsaturated/α-hetero) is 1. The molecule has 2 aliphatic heterocycles. The number of ketones is 1. The lowest BCUT2D eigenvalue weighted by molar-refractivity contribution is -0.274. The number of alkyl halides is 3. The van der Waals surface area contributed by atoms with Crippen molar-refractivity contribution in [3.63, 3.8) is 0 Å². The van der Waals surface area contributed by atoms with Crippen LogP contribution in [0.15, 0.2) is 46.7 Å². The van der Waals surface area contributed by atoms with E-state index in [0.717, 1.165) is 41.3 Å². The lowest BCUT2D eigenvalue weighted by Gasteiger charge is -2.33. The molecule has 1 aliphatic carbocycles. The maximum atomic E-state index is 12.8. The second kappa shape index (κ2) is 6.78. The third-order valence-electron chi connectivity index (χ3n) is 5.03. The van der Waals surface area contributed by atoms with E-state index in [1.807, 2.05) is 0 Å². The first-order valence-corrected chi connectivity index (χ1v) is 9.77. The highest BCUT2D eigenvalue weighted by Crippen LogP contribution is 2.50. The van der Waals surface area contributed by atoms with Crippen LogP contribution in [0.4, 0.5) is 13.2 Å². The van der Waals surface area contributed by atoms with Crippen LogP contribution in [-0.4, -0.2) is 17.9 Å². The van der Waals surface area contributed by atoms with Gasteiger partial charge in [-0.25, -0.2) is 0 Å². The zero-order valence-electron chi connectivity index (χ0n) is 14.5. The Bertz CT molecular complexity index is 886. The largest absolute Gasteiger partial charge is 0.573 e. The summed E-state index contributed by atoms with van der Waals surface area (Å²) in [7, 11) is 0. The number of carbonyl (C=O) groups is 1. The van der Waals surface area contributed by atoms with Crippen LogP contribution < -0.4 is 10.1 Å². The first-order valence-electron chi connectivity index (χ1n) is 8.78. The van der Waals surface area contributed by atoms with E-state index in [2.05, 4.69) is 16.6 Å². The fourth-order valence-corrected chi connectivity index (χ4v) is 5.20. The molecule has 0 bridgehead atoms. The number of benzene rings is 1. The van der Waals surface area contributed by atoms with E-state index in [9.17, 15) is 18.0 Å². The van der Waals surface area contributed by atoms with Crippen LogP contribution in [0.2, 0.25) is 0 Å². The van der Waals surface area contributed by atoms with Crippen LogP contribution in [0.5, 0.6) is 5.75 Å². The Balaban J connectivity index is 1.83. The Morgan fingerprint density at radius 1 is 1.22 bits per heavy atom. The molecule has 1 atom stereocenters. The first-order chi connectivity index (χ1) is 12.9. The lowest BCUT2D eigenvalue weighted by Crippen LogP contribution is -2.30. The molecule has 0 aromatic heterocycles. The molecular formula is C20H18F3NO2S. The summed E-state index contributed by atoms with van der Waals surface area (Å²) in [6.45, 7) is 3.56. The van der Waals surface area contributed by atoms with E-state index in [4.69, 9.17) is 0 Å². The van der Waals surface area contributed by atoms with Crippen LogP contribution in [0.25, 0.3) is 6.08 Å². The molecule has 0 radical (unpaired) electrons. The topological polar surface area (TPSA) is 38.3 Å². The van der Waals surface area contributed by atoms with Crippen molar-refractivity contribution in [2.45, 2.75) is 38.0 Å². The summed E-state index contributed by atoms with van der Waals surface area (Å²) in [5, 5.41) is 3.41. The average molecular weight is 393 g/mol. The van der Waals surface area contributed by atoms with Gasteiger partial charge in [0.05, 0.1) is 0 Å². The summed E-state index contributed by atoms with van der Waals surface area (Å²) >= 11 is 1.66. The van der Waals surface area contributed by atoms with Crippen molar-refractivity contribution in [2.75, 3.05) is 5.75 Å². The average Bonchev–Trinajstić information content (AvgIpc) is 3.07. The van der Waals surface area contributed by atoms with Gasteiger partial charge in [-0.05, 0) is 30.9 Å². The van der Waals surface area contributed by atoms with Crippen molar-refractivity contribution in [3.05, 3.63) is 57.8 Å². The quantitative estimate of drug-likeness (QED) is 0.759. The van der Waals surface area contributed by atoms with Crippen molar-refractivity contribution >= 4 is 23.6 Å². The maximum absolute atomic E-state index is 12.8. The third kappa shape index (κ3) is 3.40. The zero-order valence-corrected chi connectivity index (χ0v) is 15.3. The van der Waals surface area contributed by atoms with Crippen molar-refractivity contribution < 1.29 is 22.7 Å². The SMILES string of the molecule is C=Cc1ccc(C2C3=C(CCS3)NC3=C2C(=O)CCC3)cc1OC(F)(F)F. The smallest absolute Gasteiger partial charge is 0.405 e. The standard InChI is InChI=1S/C20H18F3NO2S/c1-2-11-6-7-12(10-16(11)26-20(21,22)23)17-18-13(4-3-5-15(18)25)24-14-8-9-27-19(14)17/h2,6-7,10,17,24H,1,3-5,8-9H2. The number of halogens is 3. The van der Waals surface area contributed by atoms with Gasteiger partial charge < -0.3 is 10.1 Å². The number of carbonyl (C=O) groups excluding carboxylic acids is 1. The third-order valence-corrected chi connectivity index (χ3v) is 6.23. The predicted molar refractivity (Wildman–Crippen MR) is 99.1 cm³/mol. The number of allylic oxidation sites excluding steroid dienone is 4. The van der Waals surface area contributed by atoms with Crippen molar-refractivity contribution in [1.82, 2.24) is 5.32 Å². The number of thioether (sulfide) groups is 1. The fraction of sp³-hybridized carbons (Fsp3) is 0.350. The van der Waals surface area contributed by atoms with Gasteiger partial charge in [-0.3, -0.25) is 4.79 Å². The second-order valence-electron chi connectivity index (χ2n) is 6.72. The van der Waals surface area contributed by atoms with E-state index in [-0.39, 0.29) is 23.0 Å². The molecule has 142 valence electrons. The van der Waals surface area contributed by atoms with E-state index >= 15 is 0 Å². The molecule has 0 fully saturated rings. The summed E-state index contributed by atoms with van der Waals surface area (Å²) in [5.74, 6) is 0.355. The molecule has 1 aromatic carbocycles. The second-order valence-corrected chi connectivity index (χ2v) is 7.85. The molecule has 0 amide bonds. The van der Waals surface area contributed by atoms with Gasteiger partial charge in [0.25, 0.3) is 0 Å². The highest BCUT2D eigenvalue weighted by atomic mass is 32.2. The van der Waals surface area contributed by atoms with Gasteiger partial charge in [0.1, 0.15) is 5.75 Å². The molecule has 0 saturated carbocycles. The Morgan fingerprint density at radius 2 is 2.04 bits per heavy atom. The van der Waals surface area contributed by atoms with Gasteiger partial charge in [-0.2, -0.15) is 0 Å². The molecule has 3 nitrogen and oxygen atoms in total. The zero-order chi connectivity index (χ0) is 19.2. The highest BCUT2D eigenvalue weighted by molar-refractivity contribution is 8.03. The molecule has 7 heteroatoms. The Labute approximate surface area is 159 Å². The fourth-order valence-electron chi connectivity index (χ4n) is 3.93. The first kappa shape index (κ1) is 18.2. The van der Waals surface area contributed by atoms with Gasteiger partial charge in [0.2, 0.25) is 0 Å². The predicted octanol–water partition coefficient (Wildman–Crippen LogP) is 5.27. The summed E-state index contributed by atoms with van der Waals surface area (Å²) in [4.78, 5) is 13.7. The molecule has 1 aromatic rings. The summed E-state index contributed by atoms with van der Waals surface area (Å²) in [6, 6.07) is 4.74. The molecular weight excluding hydrogens is 375 g/mol. The molecule has 2 heterocycles. The number of ether oxygens (including phenoxy) is 1. The van der Waals surface area contributed by atoms with Crippen molar-refractivity contribution in [2.24, 2.45) is 0 Å². The van der Waals surface area contributed by atoms with Crippen LogP contribution in [0.3, 0.4) is 0 Å². The van der Waals surface area contributed by atoms with Crippen molar-refractivity contribution in [1.29, 1.82) is 0 Å². The van der Waals surface area contributed by atoms with Gasteiger partial charge in [0.15, 0.2) is 5.78 Å². The normalized spacial score (nSPS) is 22.3. The minimum atomic E-state index is -4.79. The van der Waals surface area contributed by atoms with E-state index in [0.29, 0.717) is 17.6 Å². The van der Waals surface area contributed by atoms with E-state index in [1.54, 1.807) is 23.9 Å². The Hall–Kier alpha value is -2.15. The number of rotatable bonds is 3. The lowest BCUT2D eigenvalue weighted by atomic mass is 9.79. The van der Waals surface area contributed by atoms with Gasteiger partial charge in [-0.1, -0.05) is 24.8 Å². The molecule has 4 rings (SSSR count). The number of dihydropyridines is 1. The van der Waals surface area contributed by atoms with Gasteiger partial charge >= 0.3 is 6.36 Å². The highest BCUT2D eigenvalue weighted by Gasteiger charge is 2.39. The number of hydrogen-bond donors (Lipinski definition) is 1. The van der Waals surface area contributed by atoms with Crippen LogP contribution >= 0.6 is 11.8 Å². The van der Waals surface area contributed by atoms with E-state index < -0.39 is 6.36 Å². The summed E-state index contributed by atoms with van der Waals surface area (Å²) < 4.78 is 42.7. The Kier molecular flexibility index (Phi) is 4.58. The molecule has 0 spiro atoms. The maximum Gasteiger partial charge on any atom is 0.573 e. The molecule has 0 saturated heterocycles. The number of nitrogens with one attached hydrogen (secondary N) is 1. The van der Waals surface area contributed by atoms with Crippen LogP contribution in [0, 0.1) is 0 Å². The summed E-state index contributed by atoms with van der Waals surface area (Å²) in [6.07, 6.45) is -0.527. The van der Waals surface area contributed by atoms with Gasteiger partial charge in [0, 0.05) is 45.5 Å². The van der Waals surface area contributed by atoms with Gasteiger partial charge in [-0.15, -0.1) is 24.9 Å². The van der Waals surface area contributed by atoms with E-state index in [1.165, 1.54) is 12.1 Å². The number of hydrogen-bond acceptors (Lipinski definition) is 4. The summed E-state index contributed by atoms with van der Waals surface area (Å²) in [5.41, 5.74) is 3.61. The van der Waals surface area contributed by atoms with Crippen LogP contribution in [-0.2, 0) is 4.79 Å². The van der Waals surface area contributed by atoms with Crippen LogP contribution in [0.1, 0.15) is 42.7 Å².